The van der Waals surface area contributed by atoms with E-state index >= 15 is 0 Å². The van der Waals surface area contributed by atoms with Crippen LogP contribution in [0.5, 0.6) is 0 Å². The van der Waals surface area contributed by atoms with Gasteiger partial charge in [0.2, 0.25) is 9.84 Å². The Morgan fingerprint density at radius 2 is 1.25 bits per heavy atom. The zero-order valence-corrected chi connectivity index (χ0v) is 23.6. The highest BCUT2D eigenvalue weighted by atomic mass is 35.5. The number of carbonyl (C=O) groups is 1. The molecule has 204 valence electrons. The number of unbranched alkanes of at least 4 members (excludes halogenated alkanes) is 15. The number of esters is 1. The summed E-state index contributed by atoms with van der Waals surface area (Å²) in [6.45, 7) is 2.45. The lowest BCUT2D eigenvalue weighted by atomic mass is 10.0. The van der Waals surface area contributed by atoms with Crippen molar-refractivity contribution in [1.82, 2.24) is 0 Å². The number of halogens is 1. The zero-order valence-electron chi connectivity index (χ0n) is 22.1. The summed E-state index contributed by atoms with van der Waals surface area (Å²) in [5, 5.41) is 0.410. The van der Waals surface area contributed by atoms with Crippen LogP contribution < -0.4 is 5.73 Å². The van der Waals surface area contributed by atoms with Crippen molar-refractivity contribution in [2.75, 3.05) is 6.61 Å². The minimum atomic E-state index is -4.04. The van der Waals surface area contributed by atoms with Gasteiger partial charge in [0.15, 0.2) is 4.91 Å². The van der Waals surface area contributed by atoms with E-state index in [1.807, 2.05) is 0 Å². The van der Waals surface area contributed by atoms with E-state index in [0.717, 1.165) is 12.8 Å². The van der Waals surface area contributed by atoms with E-state index in [4.69, 9.17) is 22.1 Å². The lowest BCUT2D eigenvalue weighted by molar-refractivity contribution is -0.138. The molecular formula is C29H46ClNO4S. The summed E-state index contributed by atoms with van der Waals surface area (Å²) in [4.78, 5) is 12.1. The maximum Gasteiger partial charge on any atom is 0.350 e. The molecular weight excluding hydrogens is 494 g/mol. The molecule has 0 radical (unpaired) electrons. The van der Waals surface area contributed by atoms with Crippen LogP contribution in [0, 0.1) is 0 Å². The van der Waals surface area contributed by atoms with Crippen LogP contribution in [0.2, 0.25) is 5.02 Å². The van der Waals surface area contributed by atoms with Crippen LogP contribution in [-0.2, 0) is 19.4 Å². The highest BCUT2D eigenvalue weighted by molar-refractivity contribution is 7.96. The molecule has 5 nitrogen and oxygen atoms in total. The first-order valence-electron chi connectivity index (χ1n) is 13.7. The largest absolute Gasteiger partial charge is 0.462 e. The van der Waals surface area contributed by atoms with Crippen molar-refractivity contribution in [1.29, 1.82) is 0 Å². The molecule has 0 aliphatic heterocycles. The highest BCUT2D eigenvalue weighted by Gasteiger charge is 2.27. The standard InChI is InChI=1S/C29H46ClNO4S/c1-2-3-4-5-6-7-8-9-10-11-12-13-14-15-16-17-25-35-29(32)28(19-18-24-31)36(33,34)27-22-20-26(30)21-23-27/h18-24H,2-17,25,31H2,1H3/b24-18+,28-19-. The van der Waals surface area contributed by atoms with Crippen LogP contribution in [0.1, 0.15) is 110 Å². The summed E-state index contributed by atoms with van der Waals surface area (Å²) in [6, 6.07) is 5.65. The van der Waals surface area contributed by atoms with Crippen molar-refractivity contribution in [3.05, 3.63) is 52.5 Å². The number of sulfone groups is 1. The van der Waals surface area contributed by atoms with Gasteiger partial charge in [-0.15, -0.1) is 0 Å². The summed E-state index contributed by atoms with van der Waals surface area (Å²) in [6.07, 6.45) is 23.8. The fourth-order valence-electron chi connectivity index (χ4n) is 4.04. The summed E-state index contributed by atoms with van der Waals surface area (Å²) < 4.78 is 31.0. The van der Waals surface area contributed by atoms with E-state index in [1.54, 1.807) is 0 Å². The lowest BCUT2D eigenvalue weighted by Gasteiger charge is -2.10. The average molecular weight is 540 g/mol. The van der Waals surface area contributed by atoms with Crippen molar-refractivity contribution in [3.63, 3.8) is 0 Å². The van der Waals surface area contributed by atoms with Gasteiger partial charge in [0, 0.05) is 5.02 Å². The molecule has 0 fully saturated rings. The number of rotatable bonds is 21. The molecule has 0 heterocycles. The molecule has 0 spiro atoms. The molecule has 0 aromatic heterocycles. The van der Waals surface area contributed by atoms with Crippen molar-refractivity contribution >= 4 is 27.4 Å². The predicted octanol–water partition coefficient (Wildman–Crippen LogP) is 8.27. The van der Waals surface area contributed by atoms with Crippen LogP contribution in [0.15, 0.2) is 52.4 Å². The van der Waals surface area contributed by atoms with Gasteiger partial charge in [-0.05, 0) is 49.0 Å². The third kappa shape index (κ3) is 14.1. The van der Waals surface area contributed by atoms with E-state index in [2.05, 4.69) is 6.92 Å². The highest BCUT2D eigenvalue weighted by Crippen LogP contribution is 2.23. The SMILES string of the molecule is CCCCCCCCCCCCCCCCCCOC(=O)/C(=C/C=C/N)S(=O)(=O)c1ccc(Cl)cc1. The molecule has 36 heavy (non-hydrogen) atoms. The maximum atomic E-state index is 12.9. The first-order chi connectivity index (χ1) is 17.4. The fourth-order valence-corrected chi connectivity index (χ4v) is 5.45. The molecule has 0 amide bonds. The Hall–Kier alpha value is -1.79. The molecule has 0 aliphatic rings. The van der Waals surface area contributed by atoms with Crippen molar-refractivity contribution < 1.29 is 17.9 Å². The Kier molecular flexibility index (Phi) is 18.2. The van der Waals surface area contributed by atoms with Gasteiger partial charge in [0.1, 0.15) is 0 Å². The fraction of sp³-hybridized carbons (Fsp3) is 0.621. The van der Waals surface area contributed by atoms with Crippen molar-refractivity contribution in [2.45, 2.75) is 115 Å². The van der Waals surface area contributed by atoms with Crippen LogP contribution in [0.3, 0.4) is 0 Å². The van der Waals surface area contributed by atoms with Gasteiger partial charge in [-0.2, -0.15) is 0 Å². The summed E-state index contributed by atoms with van der Waals surface area (Å²) >= 11 is 5.84. The zero-order chi connectivity index (χ0) is 26.5. The molecule has 2 N–H and O–H groups in total. The molecule has 0 unspecified atom stereocenters. The first-order valence-corrected chi connectivity index (χ1v) is 15.6. The van der Waals surface area contributed by atoms with E-state index < -0.39 is 20.7 Å². The topological polar surface area (TPSA) is 86.5 Å². The minimum Gasteiger partial charge on any atom is -0.462 e. The molecule has 1 aromatic rings. The minimum absolute atomic E-state index is 0.0251. The second kappa shape index (κ2) is 20.3. The Bertz CT molecular complexity index is 879. The number of allylic oxidation sites excluding steroid dienone is 2. The molecule has 7 heteroatoms. The summed E-state index contributed by atoms with van der Waals surface area (Å²) in [7, 11) is -4.04. The second-order valence-electron chi connectivity index (χ2n) is 9.31. The molecule has 0 saturated carbocycles. The molecule has 0 saturated heterocycles. The van der Waals surface area contributed by atoms with Crippen LogP contribution in [-0.4, -0.2) is 21.0 Å². The van der Waals surface area contributed by atoms with E-state index in [-0.39, 0.29) is 11.5 Å². The van der Waals surface area contributed by atoms with Crippen molar-refractivity contribution in [3.8, 4) is 0 Å². The normalized spacial score (nSPS) is 12.3. The van der Waals surface area contributed by atoms with Gasteiger partial charge in [-0.25, -0.2) is 13.2 Å². The molecule has 0 aliphatic carbocycles. The lowest BCUT2D eigenvalue weighted by Crippen LogP contribution is -2.17. The van der Waals surface area contributed by atoms with E-state index in [9.17, 15) is 13.2 Å². The summed E-state index contributed by atoms with van der Waals surface area (Å²) in [5.74, 6) is -0.871. The van der Waals surface area contributed by atoms with Crippen LogP contribution in [0.25, 0.3) is 0 Å². The van der Waals surface area contributed by atoms with Crippen LogP contribution in [0.4, 0.5) is 0 Å². The molecule has 0 bridgehead atoms. The molecule has 1 aromatic carbocycles. The third-order valence-corrected chi connectivity index (χ3v) is 8.23. The van der Waals surface area contributed by atoms with Gasteiger partial charge in [0.25, 0.3) is 0 Å². The van der Waals surface area contributed by atoms with Gasteiger partial charge < -0.3 is 10.5 Å². The Morgan fingerprint density at radius 1 is 0.806 bits per heavy atom. The molecule has 0 atom stereocenters. The van der Waals surface area contributed by atoms with E-state index in [1.165, 1.54) is 126 Å². The van der Waals surface area contributed by atoms with Gasteiger partial charge in [0.05, 0.1) is 11.5 Å². The summed E-state index contributed by atoms with van der Waals surface area (Å²) in [5.41, 5.74) is 5.33. The number of hydrogen-bond acceptors (Lipinski definition) is 5. The monoisotopic (exact) mass is 539 g/mol. The van der Waals surface area contributed by atoms with E-state index in [0.29, 0.717) is 11.4 Å². The van der Waals surface area contributed by atoms with Crippen LogP contribution >= 0.6 is 11.6 Å². The van der Waals surface area contributed by atoms with Crippen molar-refractivity contribution in [2.24, 2.45) is 5.73 Å². The van der Waals surface area contributed by atoms with Gasteiger partial charge in [-0.3, -0.25) is 0 Å². The average Bonchev–Trinajstić information content (AvgIpc) is 2.86. The second-order valence-corrected chi connectivity index (χ2v) is 11.7. The quantitative estimate of drug-likeness (QED) is 0.0734. The number of nitrogens with two attached hydrogens (primary N) is 1. The first kappa shape index (κ1) is 32.2. The number of hydrogen-bond donors (Lipinski definition) is 1. The maximum absolute atomic E-state index is 12.9. The smallest absolute Gasteiger partial charge is 0.350 e. The van der Waals surface area contributed by atoms with Gasteiger partial charge in [-0.1, -0.05) is 115 Å². The Labute approximate surface area is 224 Å². The Morgan fingerprint density at radius 3 is 1.69 bits per heavy atom. The number of benzene rings is 1. The third-order valence-electron chi connectivity index (χ3n) is 6.20. The number of ether oxygens (including phenoxy) is 1. The van der Waals surface area contributed by atoms with Gasteiger partial charge >= 0.3 is 5.97 Å². The predicted molar refractivity (Wildman–Crippen MR) is 151 cm³/mol. The molecule has 1 rings (SSSR count). The Balaban J connectivity index is 2.17. The number of carbonyl (C=O) groups excluding carboxylic acids is 1.